The van der Waals surface area contributed by atoms with Crippen molar-refractivity contribution in [2.45, 2.75) is 51.2 Å². The summed E-state index contributed by atoms with van der Waals surface area (Å²) in [5.74, 6) is 0. The van der Waals surface area contributed by atoms with Crippen molar-refractivity contribution in [3.63, 3.8) is 0 Å². The average Bonchev–Trinajstić information content (AvgIpc) is 2.84. The maximum atomic E-state index is 9.40. The molecular formula is C11H24N2O. The van der Waals surface area contributed by atoms with Gasteiger partial charge in [0, 0.05) is 18.6 Å². The van der Waals surface area contributed by atoms with Gasteiger partial charge in [0.05, 0.1) is 12.1 Å². The molecule has 1 saturated carbocycles. The molecule has 0 spiro atoms. The van der Waals surface area contributed by atoms with E-state index in [1.807, 2.05) is 0 Å². The molecule has 14 heavy (non-hydrogen) atoms. The number of likely N-dealkylation sites (N-methyl/N-ethyl adjacent to an activating group) is 1. The first-order valence-corrected chi connectivity index (χ1v) is 5.55. The number of hydrogen-bond donors (Lipinski definition) is 2. The van der Waals surface area contributed by atoms with E-state index < -0.39 is 0 Å². The third-order valence-corrected chi connectivity index (χ3v) is 2.75. The van der Waals surface area contributed by atoms with Gasteiger partial charge >= 0.3 is 0 Å². The lowest BCUT2D eigenvalue weighted by molar-refractivity contribution is 0.122. The highest BCUT2D eigenvalue weighted by Gasteiger charge is 2.32. The van der Waals surface area contributed by atoms with Gasteiger partial charge in [-0.1, -0.05) is 13.8 Å². The first-order chi connectivity index (χ1) is 6.47. The van der Waals surface area contributed by atoms with E-state index in [9.17, 15) is 5.11 Å². The summed E-state index contributed by atoms with van der Waals surface area (Å²) in [4.78, 5) is 2.35. The maximum absolute atomic E-state index is 9.40. The van der Waals surface area contributed by atoms with Gasteiger partial charge in [-0.25, -0.2) is 0 Å². The van der Waals surface area contributed by atoms with Crippen molar-refractivity contribution < 1.29 is 5.11 Å². The largest absolute Gasteiger partial charge is 0.394 e. The Labute approximate surface area is 87.5 Å². The first kappa shape index (κ1) is 12.0. The van der Waals surface area contributed by atoms with Crippen LogP contribution in [-0.2, 0) is 0 Å². The third-order valence-electron chi connectivity index (χ3n) is 2.75. The molecule has 0 aliphatic heterocycles. The number of hydrogen-bond acceptors (Lipinski definition) is 3. The fraction of sp³-hybridized carbons (Fsp3) is 1.00. The average molecular weight is 200 g/mol. The van der Waals surface area contributed by atoms with Crippen LogP contribution < -0.4 is 5.32 Å². The highest BCUT2D eigenvalue weighted by atomic mass is 16.3. The predicted molar refractivity (Wildman–Crippen MR) is 59.4 cm³/mol. The molecule has 1 atom stereocenters. The van der Waals surface area contributed by atoms with Gasteiger partial charge in [-0.05, 0) is 26.8 Å². The van der Waals surface area contributed by atoms with Gasteiger partial charge in [0.25, 0.3) is 0 Å². The lowest BCUT2D eigenvalue weighted by Gasteiger charge is -2.35. The number of aliphatic hydroxyl groups excluding tert-OH is 1. The standard InChI is InChI=1S/C11H24N2O/c1-9(2)12-11(3,8-14)7-13(4)10-5-6-10/h9-10,12,14H,5-8H2,1-4H3. The van der Waals surface area contributed by atoms with Crippen molar-refractivity contribution in [2.75, 3.05) is 20.2 Å². The summed E-state index contributed by atoms with van der Waals surface area (Å²) in [7, 11) is 2.15. The van der Waals surface area contributed by atoms with E-state index in [0.29, 0.717) is 6.04 Å². The highest BCUT2D eigenvalue weighted by Crippen LogP contribution is 2.26. The van der Waals surface area contributed by atoms with Crippen molar-refractivity contribution in [3.05, 3.63) is 0 Å². The zero-order chi connectivity index (χ0) is 10.8. The minimum Gasteiger partial charge on any atom is -0.394 e. The maximum Gasteiger partial charge on any atom is 0.0623 e. The van der Waals surface area contributed by atoms with E-state index in [4.69, 9.17) is 0 Å². The van der Waals surface area contributed by atoms with Crippen molar-refractivity contribution in [1.29, 1.82) is 0 Å². The number of nitrogens with zero attached hydrogens (tertiary/aromatic N) is 1. The third kappa shape index (κ3) is 3.56. The van der Waals surface area contributed by atoms with Crippen LogP contribution in [0.2, 0.25) is 0 Å². The van der Waals surface area contributed by atoms with Crippen LogP contribution in [0.3, 0.4) is 0 Å². The Kier molecular flexibility index (Phi) is 3.93. The van der Waals surface area contributed by atoms with Gasteiger partial charge in [0.15, 0.2) is 0 Å². The summed E-state index contributed by atoms with van der Waals surface area (Å²) < 4.78 is 0. The van der Waals surface area contributed by atoms with Crippen LogP contribution >= 0.6 is 0 Å². The molecule has 1 rings (SSSR count). The minimum atomic E-state index is -0.161. The normalized spacial score (nSPS) is 21.6. The van der Waals surface area contributed by atoms with Crippen LogP contribution in [0.5, 0.6) is 0 Å². The topological polar surface area (TPSA) is 35.5 Å². The van der Waals surface area contributed by atoms with Crippen LogP contribution in [0.4, 0.5) is 0 Å². The van der Waals surface area contributed by atoms with Gasteiger partial charge < -0.3 is 15.3 Å². The molecule has 0 heterocycles. The summed E-state index contributed by atoms with van der Waals surface area (Å²) in [6.07, 6.45) is 2.64. The summed E-state index contributed by atoms with van der Waals surface area (Å²) in [6.45, 7) is 7.44. The predicted octanol–water partition coefficient (Wildman–Crippen LogP) is 0.830. The summed E-state index contributed by atoms with van der Waals surface area (Å²) in [5, 5.41) is 12.8. The van der Waals surface area contributed by atoms with Crippen LogP contribution in [0.15, 0.2) is 0 Å². The number of aliphatic hydroxyl groups is 1. The zero-order valence-electron chi connectivity index (χ0n) is 9.88. The lowest BCUT2D eigenvalue weighted by Crippen LogP contribution is -2.55. The fourth-order valence-corrected chi connectivity index (χ4v) is 2.03. The van der Waals surface area contributed by atoms with E-state index in [1.165, 1.54) is 12.8 Å². The summed E-state index contributed by atoms with van der Waals surface area (Å²) in [6, 6.07) is 1.18. The Bertz CT molecular complexity index is 180. The second-order valence-electron chi connectivity index (χ2n) is 5.16. The molecule has 3 heteroatoms. The molecule has 0 aromatic rings. The molecule has 2 N–H and O–H groups in total. The molecule has 0 aromatic heterocycles. The Morgan fingerprint density at radius 2 is 2.07 bits per heavy atom. The molecule has 84 valence electrons. The summed E-state index contributed by atoms with van der Waals surface area (Å²) in [5.41, 5.74) is -0.161. The number of nitrogens with one attached hydrogen (secondary N) is 1. The molecule has 0 amide bonds. The molecule has 3 nitrogen and oxygen atoms in total. The van der Waals surface area contributed by atoms with Crippen LogP contribution in [0, 0.1) is 0 Å². The van der Waals surface area contributed by atoms with E-state index in [2.05, 4.69) is 38.0 Å². The van der Waals surface area contributed by atoms with E-state index in [-0.39, 0.29) is 12.1 Å². The SMILES string of the molecule is CC(C)NC(C)(CO)CN(C)C1CC1. The van der Waals surface area contributed by atoms with Crippen molar-refractivity contribution >= 4 is 0 Å². The quantitative estimate of drug-likeness (QED) is 0.666. The molecule has 1 aliphatic carbocycles. The first-order valence-electron chi connectivity index (χ1n) is 5.55. The van der Waals surface area contributed by atoms with Gasteiger partial charge in [-0.15, -0.1) is 0 Å². The Morgan fingerprint density at radius 1 is 1.50 bits per heavy atom. The molecule has 0 radical (unpaired) electrons. The lowest BCUT2D eigenvalue weighted by atomic mass is 10.0. The Balaban J connectivity index is 2.41. The van der Waals surface area contributed by atoms with Crippen molar-refractivity contribution in [3.8, 4) is 0 Å². The molecule has 1 aliphatic rings. The van der Waals surface area contributed by atoms with Gasteiger partial charge in [-0.3, -0.25) is 0 Å². The zero-order valence-corrected chi connectivity index (χ0v) is 9.88. The highest BCUT2D eigenvalue weighted by molar-refractivity contribution is 4.91. The molecular weight excluding hydrogens is 176 g/mol. The Hall–Kier alpha value is -0.120. The molecule has 0 bridgehead atoms. The summed E-state index contributed by atoms with van der Waals surface area (Å²) >= 11 is 0. The van der Waals surface area contributed by atoms with Gasteiger partial charge in [0.1, 0.15) is 0 Å². The van der Waals surface area contributed by atoms with Crippen molar-refractivity contribution in [2.24, 2.45) is 0 Å². The Morgan fingerprint density at radius 3 is 2.43 bits per heavy atom. The smallest absolute Gasteiger partial charge is 0.0623 e. The molecule has 1 fully saturated rings. The van der Waals surface area contributed by atoms with Crippen LogP contribution in [-0.4, -0.2) is 47.8 Å². The van der Waals surface area contributed by atoms with E-state index in [1.54, 1.807) is 0 Å². The molecule has 0 saturated heterocycles. The monoisotopic (exact) mass is 200 g/mol. The van der Waals surface area contributed by atoms with Gasteiger partial charge in [-0.2, -0.15) is 0 Å². The van der Waals surface area contributed by atoms with Crippen LogP contribution in [0.25, 0.3) is 0 Å². The molecule has 0 aromatic carbocycles. The van der Waals surface area contributed by atoms with E-state index in [0.717, 1.165) is 12.6 Å². The minimum absolute atomic E-state index is 0.161. The fourth-order valence-electron chi connectivity index (χ4n) is 2.03. The second-order valence-corrected chi connectivity index (χ2v) is 5.16. The number of rotatable bonds is 6. The van der Waals surface area contributed by atoms with Crippen molar-refractivity contribution in [1.82, 2.24) is 10.2 Å². The van der Waals surface area contributed by atoms with Gasteiger partial charge in [0.2, 0.25) is 0 Å². The van der Waals surface area contributed by atoms with E-state index >= 15 is 0 Å². The molecule has 1 unspecified atom stereocenters. The second kappa shape index (κ2) is 4.60. The van der Waals surface area contributed by atoms with Crippen LogP contribution in [0.1, 0.15) is 33.6 Å².